The predicted octanol–water partition coefficient (Wildman–Crippen LogP) is 2.75. The fraction of sp³-hybridized carbons (Fsp3) is 0.545. The Hall–Kier alpha value is -1.50. The summed E-state index contributed by atoms with van der Waals surface area (Å²) in [5.41, 5.74) is 0.250. The molecule has 0 amide bonds. The van der Waals surface area contributed by atoms with Gasteiger partial charge in [0.05, 0.1) is 12.8 Å². The van der Waals surface area contributed by atoms with Crippen molar-refractivity contribution in [3.63, 3.8) is 0 Å². The molecule has 7 heteroatoms. The van der Waals surface area contributed by atoms with E-state index in [1.807, 2.05) is 0 Å². The van der Waals surface area contributed by atoms with Crippen LogP contribution in [0, 0.1) is 0 Å². The van der Waals surface area contributed by atoms with Gasteiger partial charge in [0.25, 0.3) is 0 Å². The minimum absolute atomic E-state index is 0.0918. The number of carboxylic acids is 1. The van der Waals surface area contributed by atoms with Crippen molar-refractivity contribution < 1.29 is 27.5 Å². The molecule has 0 aliphatic carbocycles. The quantitative estimate of drug-likeness (QED) is 0.859. The molecular formula is C11H14F3NO3. The first-order valence-electron chi connectivity index (χ1n) is 5.42. The van der Waals surface area contributed by atoms with Gasteiger partial charge in [0, 0.05) is 12.1 Å². The molecule has 0 bridgehead atoms. The van der Waals surface area contributed by atoms with Gasteiger partial charge in [-0.1, -0.05) is 6.92 Å². The summed E-state index contributed by atoms with van der Waals surface area (Å²) in [6.45, 7) is 0.844. The van der Waals surface area contributed by atoms with E-state index in [0.29, 0.717) is 6.42 Å². The summed E-state index contributed by atoms with van der Waals surface area (Å²) in [5, 5.41) is 8.80. The molecule has 0 atom stereocenters. The molecule has 1 aromatic rings. The number of carboxylic acid groups (broad SMARTS) is 1. The number of hydrogen-bond donors (Lipinski definition) is 1. The Morgan fingerprint density at radius 2 is 2.17 bits per heavy atom. The van der Waals surface area contributed by atoms with E-state index in [2.05, 4.69) is 0 Å². The van der Waals surface area contributed by atoms with E-state index in [1.165, 1.54) is 6.07 Å². The van der Waals surface area contributed by atoms with Crippen LogP contribution in [0.25, 0.3) is 0 Å². The summed E-state index contributed by atoms with van der Waals surface area (Å²) in [5.74, 6) is -1.59. The van der Waals surface area contributed by atoms with Gasteiger partial charge in [-0.2, -0.15) is 13.2 Å². The van der Waals surface area contributed by atoms with E-state index in [1.54, 1.807) is 6.92 Å². The van der Waals surface area contributed by atoms with Crippen molar-refractivity contribution in [2.75, 3.05) is 13.1 Å². The van der Waals surface area contributed by atoms with Crippen molar-refractivity contribution in [1.29, 1.82) is 0 Å². The Bertz CT molecular complexity index is 400. The Morgan fingerprint density at radius 3 is 2.67 bits per heavy atom. The summed E-state index contributed by atoms with van der Waals surface area (Å²) < 4.78 is 41.7. The molecule has 1 rings (SSSR count). The summed E-state index contributed by atoms with van der Waals surface area (Å²) >= 11 is 0. The number of aromatic carboxylic acids is 1. The van der Waals surface area contributed by atoms with E-state index in [9.17, 15) is 18.0 Å². The van der Waals surface area contributed by atoms with Crippen LogP contribution in [0.15, 0.2) is 16.7 Å². The Kier molecular flexibility index (Phi) is 4.77. The van der Waals surface area contributed by atoms with Crippen LogP contribution in [0.4, 0.5) is 13.2 Å². The smallest absolute Gasteiger partial charge is 0.401 e. The summed E-state index contributed by atoms with van der Waals surface area (Å²) in [6.07, 6.45) is -2.59. The number of carbonyl (C=O) groups is 1. The molecule has 1 N–H and O–H groups in total. The highest BCUT2D eigenvalue weighted by molar-refractivity contribution is 5.86. The maximum Gasteiger partial charge on any atom is 0.401 e. The van der Waals surface area contributed by atoms with E-state index in [4.69, 9.17) is 9.52 Å². The van der Waals surface area contributed by atoms with E-state index in [-0.39, 0.29) is 24.4 Å². The molecular weight excluding hydrogens is 251 g/mol. The zero-order chi connectivity index (χ0) is 13.8. The van der Waals surface area contributed by atoms with Crippen molar-refractivity contribution in [3.8, 4) is 0 Å². The van der Waals surface area contributed by atoms with Crippen LogP contribution in [0.3, 0.4) is 0 Å². The van der Waals surface area contributed by atoms with Crippen LogP contribution < -0.4 is 0 Å². The monoisotopic (exact) mass is 265 g/mol. The molecule has 102 valence electrons. The van der Waals surface area contributed by atoms with Crippen molar-refractivity contribution in [2.24, 2.45) is 0 Å². The van der Waals surface area contributed by atoms with Crippen molar-refractivity contribution >= 4 is 5.97 Å². The van der Waals surface area contributed by atoms with Gasteiger partial charge < -0.3 is 9.52 Å². The minimum atomic E-state index is -4.30. The van der Waals surface area contributed by atoms with Crippen LogP contribution in [0.1, 0.15) is 29.5 Å². The number of furan rings is 1. The van der Waals surface area contributed by atoms with Crippen LogP contribution in [0.2, 0.25) is 0 Å². The molecule has 1 aromatic heterocycles. The number of hydrogen-bond acceptors (Lipinski definition) is 3. The van der Waals surface area contributed by atoms with Gasteiger partial charge in [-0.15, -0.1) is 0 Å². The molecule has 0 saturated heterocycles. The molecule has 18 heavy (non-hydrogen) atoms. The number of nitrogens with zero attached hydrogens (tertiary/aromatic N) is 1. The summed E-state index contributed by atoms with van der Waals surface area (Å²) in [6, 6.07) is 1.38. The molecule has 4 nitrogen and oxygen atoms in total. The van der Waals surface area contributed by atoms with Crippen molar-refractivity contribution in [1.82, 2.24) is 4.90 Å². The largest absolute Gasteiger partial charge is 0.475 e. The maximum absolute atomic E-state index is 12.3. The minimum Gasteiger partial charge on any atom is -0.475 e. The van der Waals surface area contributed by atoms with Gasteiger partial charge in [0.2, 0.25) is 5.76 Å². The first kappa shape index (κ1) is 14.6. The summed E-state index contributed by atoms with van der Waals surface area (Å²) in [4.78, 5) is 11.9. The topological polar surface area (TPSA) is 53.7 Å². The first-order valence-corrected chi connectivity index (χ1v) is 5.42. The normalized spacial score (nSPS) is 12.1. The first-order chi connectivity index (χ1) is 8.33. The van der Waals surface area contributed by atoms with Crippen LogP contribution >= 0.6 is 0 Å². The standard InChI is InChI=1S/C11H14F3NO3/c1-2-4-15(7-11(12,13)14)6-8-3-5-18-9(8)10(16)17/h3,5H,2,4,6-7H2,1H3,(H,16,17). The van der Waals surface area contributed by atoms with Gasteiger partial charge >= 0.3 is 12.1 Å². The second kappa shape index (κ2) is 5.90. The highest BCUT2D eigenvalue weighted by Crippen LogP contribution is 2.20. The van der Waals surface area contributed by atoms with Gasteiger partial charge in [0.1, 0.15) is 0 Å². The van der Waals surface area contributed by atoms with Crippen molar-refractivity contribution in [3.05, 3.63) is 23.7 Å². The summed E-state index contributed by atoms with van der Waals surface area (Å²) in [7, 11) is 0. The van der Waals surface area contributed by atoms with Gasteiger partial charge in [-0.3, -0.25) is 4.90 Å². The molecule has 0 aliphatic rings. The van der Waals surface area contributed by atoms with Gasteiger partial charge in [-0.25, -0.2) is 4.79 Å². The van der Waals surface area contributed by atoms with Gasteiger partial charge in [0.15, 0.2) is 0 Å². The van der Waals surface area contributed by atoms with Crippen molar-refractivity contribution in [2.45, 2.75) is 26.1 Å². The molecule has 0 aromatic carbocycles. The zero-order valence-corrected chi connectivity index (χ0v) is 9.83. The SMILES string of the molecule is CCCN(Cc1ccoc1C(=O)O)CC(F)(F)F. The Labute approximate surface area is 102 Å². The van der Waals surface area contributed by atoms with E-state index < -0.39 is 18.7 Å². The van der Waals surface area contributed by atoms with Crippen LogP contribution in [-0.4, -0.2) is 35.2 Å². The second-order valence-corrected chi connectivity index (χ2v) is 3.91. The van der Waals surface area contributed by atoms with E-state index in [0.717, 1.165) is 11.2 Å². The lowest BCUT2D eigenvalue weighted by atomic mass is 10.2. The molecule has 1 heterocycles. The highest BCUT2D eigenvalue weighted by Gasteiger charge is 2.31. The van der Waals surface area contributed by atoms with Crippen LogP contribution in [-0.2, 0) is 6.54 Å². The molecule has 0 spiro atoms. The van der Waals surface area contributed by atoms with Gasteiger partial charge in [-0.05, 0) is 19.0 Å². The zero-order valence-electron chi connectivity index (χ0n) is 9.83. The molecule has 0 saturated carbocycles. The Morgan fingerprint density at radius 1 is 1.50 bits per heavy atom. The van der Waals surface area contributed by atoms with Crippen LogP contribution in [0.5, 0.6) is 0 Å². The molecule has 0 radical (unpaired) electrons. The fourth-order valence-electron chi connectivity index (χ4n) is 1.67. The highest BCUT2D eigenvalue weighted by atomic mass is 19.4. The average Bonchev–Trinajstić information content (AvgIpc) is 2.63. The number of halogens is 3. The lowest BCUT2D eigenvalue weighted by molar-refractivity contribution is -0.147. The lowest BCUT2D eigenvalue weighted by Gasteiger charge is -2.22. The third-order valence-electron chi connectivity index (χ3n) is 2.28. The molecule has 0 aliphatic heterocycles. The predicted molar refractivity (Wildman–Crippen MR) is 57.3 cm³/mol. The number of alkyl halides is 3. The second-order valence-electron chi connectivity index (χ2n) is 3.91. The Balaban J connectivity index is 2.76. The third-order valence-corrected chi connectivity index (χ3v) is 2.28. The van der Waals surface area contributed by atoms with E-state index >= 15 is 0 Å². The number of rotatable bonds is 6. The fourth-order valence-corrected chi connectivity index (χ4v) is 1.67. The average molecular weight is 265 g/mol. The molecule has 0 fully saturated rings. The molecule has 0 unspecified atom stereocenters. The lowest BCUT2D eigenvalue weighted by Crippen LogP contribution is -2.34. The third kappa shape index (κ3) is 4.40. The maximum atomic E-state index is 12.3.